The Morgan fingerprint density at radius 3 is 2.42 bits per heavy atom. The molecule has 1 aromatic heterocycles. The lowest BCUT2D eigenvalue weighted by atomic mass is 9.95. The molecule has 0 unspecified atom stereocenters. The zero-order valence-corrected chi connectivity index (χ0v) is 11.7. The molecule has 0 amide bonds. The summed E-state index contributed by atoms with van der Waals surface area (Å²) in [6.07, 6.45) is 0. The first kappa shape index (κ1) is 13.3. The van der Waals surface area contributed by atoms with Crippen LogP contribution in [0.15, 0.2) is 29.1 Å². The molecule has 4 heteroatoms. The summed E-state index contributed by atoms with van der Waals surface area (Å²) < 4.78 is 1.24. The van der Waals surface area contributed by atoms with E-state index in [0.717, 1.165) is 5.39 Å². The topological polar surface area (TPSA) is 65.1 Å². The van der Waals surface area contributed by atoms with E-state index in [1.165, 1.54) is 4.57 Å². The third-order valence-electron chi connectivity index (χ3n) is 3.05. The number of aryl methyl sites for hydroxylation is 1. The van der Waals surface area contributed by atoms with Gasteiger partial charge in [-0.3, -0.25) is 9.59 Å². The van der Waals surface area contributed by atoms with Gasteiger partial charge in [0.2, 0.25) is 5.91 Å². The fourth-order valence-electron chi connectivity index (χ4n) is 1.99. The monoisotopic (exact) mass is 258 g/mol. The number of hydrogen-bond acceptors (Lipinski definition) is 3. The number of pyridine rings is 1. The lowest BCUT2D eigenvalue weighted by molar-refractivity contribution is 0.0768. The maximum Gasteiger partial charge on any atom is 0.260 e. The van der Waals surface area contributed by atoms with Crippen LogP contribution in [0.1, 0.15) is 31.1 Å². The third-order valence-corrected chi connectivity index (χ3v) is 3.05. The second-order valence-electron chi connectivity index (χ2n) is 5.84. The van der Waals surface area contributed by atoms with Crippen LogP contribution >= 0.6 is 0 Å². The van der Waals surface area contributed by atoms with Crippen LogP contribution in [0.25, 0.3) is 10.9 Å². The van der Waals surface area contributed by atoms with Crippen molar-refractivity contribution in [1.29, 1.82) is 0 Å². The number of rotatable bonds is 0. The summed E-state index contributed by atoms with van der Waals surface area (Å²) in [7, 11) is 0. The molecule has 100 valence electrons. The predicted octanol–water partition coefficient (Wildman–Crippen LogP) is 2.58. The molecule has 0 atom stereocenters. The minimum Gasteiger partial charge on any atom is -0.399 e. The molecular weight excluding hydrogens is 240 g/mol. The summed E-state index contributed by atoms with van der Waals surface area (Å²) in [5, 5.41) is 0.837. The van der Waals surface area contributed by atoms with Crippen LogP contribution in [0, 0.1) is 12.3 Å². The molecule has 1 aromatic carbocycles. The van der Waals surface area contributed by atoms with Crippen LogP contribution in [0.4, 0.5) is 5.69 Å². The molecule has 0 aliphatic heterocycles. The Labute approximate surface area is 111 Å². The van der Waals surface area contributed by atoms with E-state index in [-0.39, 0.29) is 11.5 Å². The highest BCUT2D eigenvalue weighted by molar-refractivity contribution is 5.95. The largest absolute Gasteiger partial charge is 0.399 e. The van der Waals surface area contributed by atoms with Crippen molar-refractivity contribution in [3.05, 3.63) is 40.2 Å². The first-order valence-corrected chi connectivity index (χ1v) is 6.18. The smallest absolute Gasteiger partial charge is 0.260 e. The van der Waals surface area contributed by atoms with E-state index in [1.54, 1.807) is 45.9 Å². The van der Waals surface area contributed by atoms with Crippen molar-refractivity contribution in [3.63, 3.8) is 0 Å². The number of aromatic nitrogens is 1. The Morgan fingerprint density at radius 2 is 1.84 bits per heavy atom. The average molecular weight is 258 g/mol. The molecule has 0 spiro atoms. The van der Waals surface area contributed by atoms with E-state index >= 15 is 0 Å². The zero-order valence-electron chi connectivity index (χ0n) is 11.7. The summed E-state index contributed by atoms with van der Waals surface area (Å²) in [6, 6.07) is 7.03. The molecule has 2 rings (SSSR count). The summed E-state index contributed by atoms with van der Waals surface area (Å²) >= 11 is 0. The minimum atomic E-state index is -0.630. The predicted molar refractivity (Wildman–Crippen MR) is 77.4 cm³/mol. The van der Waals surface area contributed by atoms with Gasteiger partial charge < -0.3 is 5.73 Å². The van der Waals surface area contributed by atoms with Gasteiger partial charge in [-0.2, -0.15) is 0 Å². The van der Waals surface area contributed by atoms with Crippen molar-refractivity contribution in [2.45, 2.75) is 27.7 Å². The highest BCUT2D eigenvalue weighted by Crippen LogP contribution is 2.22. The quantitative estimate of drug-likeness (QED) is 0.739. The van der Waals surface area contributed by atoms with Gasteiger partial charge in [0, 0.05) is 16.7 Å². The molecule has 0 fully saturated rings. The number of nitrogens with zero attached hydrogens (tertiary/aromatic N) is 1. The number of nitrogens with two attached hydrogens (primary N) is 1. The van der Waals surface area contributed by atoms with Crippen molar-refractivity contribution in [2.24, 2.45) is 5.41 Å². The van der Waals surface area contributed by atoms with Crippen molar-refractivity contribution in [3.8, 4) is 0 Å². The van der Waals surface area contributed by atoms with Crippen LogP contribution < -0.4 is 11.3 Å². The SMILES string of the molecule is Cc1cc2ccc(N)cc2n(C(=O)C(C)(C)C)c1=O. The number of carbonyl (C=O) groups excluding carboxylic acids is 1. The summed E-state index contributed by atoms with van der Waals surface area (Å²) in [6.45, 7) is 7.09. The van der Waals surface area contributed by atoms with E-state index < -0.39 is 5.41 Å². The maximum absolute atomic E-state index is 12.5. The average Bonchev–Trinajstić information content (AvgIpc) is 2.30. The number of carbonyl (C=O) groups is 1. The van der Waals surface area contributed by atoms with Crippen LogP contribution in [-0.2, 0) is 0 Å². The fourth-order valence-corrected chi connectivity index (χ4v) is 1.99. The van der Waals surface area contributed by atoms with Gasteiger partial charge in [-0.15, -0.1) is 0 Å². The molecule has 0 saturated heterocycles. The molecule has 19 heavy (non-hydrogen) atoms. The molecule has 0 aliphatic rings. The lowest BCUT2D eigenvalue weighted by Gasteiger charge is -2.20. The van der Waals surface area contributed by atoms with Crippen LogP contribution in [0.2, 0.25) is 0 Å². The number of benzene rings is 1. The Morgan fingerprint density at radius 1 is 1.21 bits per heavy atom. The summed E-state index contributed by atoms with van der Waals surface area (Å²) in [4.78, 5) is 24.8. The van der Waals surface area contributed by atoms with E-state index in [0.29, 0.717) is 16.8 Å². The van der Waals surface area contributed by atoms with Gasteiger partial charge >= 0.3 is 0 Å². The number of fused-ring (bicyclic) bond motifs is 1. The Kier molecular flexibility index (Phi) is 2.97. The van der Waals surface area contributed by atoms with Crippen molar-refractivity contribution >= 4 is 22.5 Å². The molecule has 2 aromatic rings. The maximum atomic E-state index is 12.5. The molecule has 4 nitrogen and oxygen atoms in total. The van der Waals surface area contributed by atoms with E-state index in [2.05, 4.69) is 0 Å². The van der Waals surface area contributed by atoms with Gasteiger partial charge in [0.15, 0.2) is 0 Å². The van der Waals surface area contributed by atoms with Crippen molar-refractivity contribution < 1.29 is 4.79 Å². The normalized spacial score (nSPS) is 11.8. The first-order valence-electron chi connectivity index (χ1n) is 6.18. The molecule has 1 heterocycles. The van der Waals surface area contributed by atoms with E-state index in [4.69, 9.17) is 5.73 Å². The minimum absolute atomic E-state index is 0.225. The van der Waals surface area contributed by atoms with E-state index in [1.807, 2.05) is 6.07 Å². The molecule has 0 radical (unpaired) electrons. The van der Waals surface area contributed by atoms with Gasteiger partial charge in [0.25, 0.3) is 5.56 Å². The second-order valence-corrected chi connectivity index (χ2v) is 5.84. The summed E-state index contributed by atoms with van der Waals surface area (Å²) in [5.41, 5.74) is 6.50. The van der Waals surface area contributed by atoms with Crippen LogP contribution in [0.5, 0.6) is 0 Å². The molecule has 0 bridgehead atoms. The van der Waals surface area contributed by atoms with Gasteiger partial charge in [-0.1, -0.05) is 26.8 Å². The van der Waals surface area contributed by atoms with Gasteiger partial charge in [0.1, 0.15) is 0 Å². The Balaban J connectivity index is 2.92. The lowest BCUT2D eigenvalue weighted by Crippen LogP contribution is -2.36. The zero-order chi connectivity index (χ0) is 14.4. The molecule has 2 N–H and O–H groups in total. The Hall–Kier alpha value is -2.10. The fraction of sp³-hybridized carbons (Fsp3) is 0.333. The molecular formula is C15H18N2O2. The standard InChI is InChI=1S/C15H18N2O2/c1-9-7-10-5-6-11(16)8-12(10)17(13(9)18)14(19)15(2,3)4/h5-8H,16H2,1-4H3. The third kappa shape index (κ3) is 2.26. The number of nitrogen functional groups attached to an aromatic ring is 1. The second kappa shape index (κ2) is 4.23. The van der Waals surface area contributed by atoms with Crippen molar-refractivity contribution in [2.75, 3.05) is 5.73 Å². The van der Waals surface area contributed by atoms with E-state index in [9.17, 15) is 9.59 Å². The van der Waals surface area contributed by atoms with Crippen LogP contribution in [-0.4, -0.2) is 10.5 Å². The van der Waals surface area contributed by atoms with Crippen LogP contribution in [0.3, 0.4) is 0 Å². The van der Waals surface area contributed by atoms with Gasteiger partial charge in [-0.25, -0.2) is 4.57 Å². The van der Waals surface area contributed by atoms with Gasteiger partial charge in [0.05, 0.1) is 5.52 Å². The molecule has 0 aliphatic carbocycles. The highest BCUT2D eigenvalue weighted by atomic mass is 16.2. The molecule has 0 saturated carbocycles. The van der Waals surface area contributed by atoms with Gasteiger partial charge in [-0.05, 0) is 30.5 Å². The Bertz CT molecular complexity index is 721. The summed E-state index contributed by atoms with van der Waals surface area (Å²) in [5.74, 6) is -0.225. The number of hydrogen-bond donors (Lipinski definition) is 1. The highest BCUT2D eigenvalue weighted by Gasteiger charge is 2.26. The first-order chi connectivity index (χ1) is 8.71. The number of anilines is 1. The van der Waals surface area contributed by atoms with Crippen molar-refractivity contribution in [1.82, 2.24) is 4.57 Å².